The van der Waals surface area contributed by atoms with Gasteiger partial charge in [0.2, 0.25) is 0 Å². The molecule has 0 radical (unpaired) electrons. The number of nitrogens with zero attached hydrogens (tertiary/aromatic N) is 4. The molecule has 8 heteroatoms. The number of fused-ring (bicyclic) bond motifs is 1. The Morgan fingerprint density at radius 1 is 1.31 bits per heavy atom. The van der Waals surface area contributed by atoms with Gasteiger partial charge in [0.15, 0.2) is 11.0 Å². The summed E-state index contributed by atoms with van der Waals surface area (Å²) in [6.07, 6.45) is 5.04. The van der Waals surface area contributed by atoms with Gasteiger partial charge in [0.1, 0.15) is 5.60 Å². The monoisotopic (exact) mass is 377 g/mol. The largest absolute Gasteiger partial charge is 0.444 e. The van der Waals surface area contributed by atoms with Crippen molar-refractivity contribution in [3.8, 4) is 0 Å². The zero-order valence-corrected chi connectivity index (χ0v) is 16.1. The molecule has 0 bridgehead atoms. The first-order valence-corrected chi connectivity index (χ1v) is 9.19. The SMILES string of the molecule is CC(C)(C)OC(=O)NCC1CCN(c2nnc(Cl)c3ccncc23)CC1. The zero-order chi connectivity index (χ0) is 18.7. The highest BCUT2D eigenvalue weighted by molar-refractivity contribution is 6.34. The number of piperidine rings is 1. The maximum Gasteiger partial charge on any atom is 0.407 e. The average Bonchev–Trinajstić information content (AvgIpc) is 2.60. The predicted octanol–water partition coefficient (Wildman–Crippen LogP) is 3.42. The zero-order valence-electron chi connectivity index (χ0n) is 15.3. The van der Waals surface area contributed by atoms with Crippen LogP contribution in [0, 0.1) is 5.92 Å². The Kier molecular flexibility index (Phi) is 5.46. The van der Waals surface area contributed by atoms with Crippen LogP contribution in [-0.4, -0.2) is 46.5 Å². The van der Waals surface area contributed by atoms with E-state index in [2.05, 4.69) is 25.4 Å². The van der Waals surface area contributed by atoms with Gasteiger partial charge in [0.25, 0.3) is 0 Å². The number of pyridine rings is 1. The lowest BCUT2D eigenvalue weighted by Crippen LogP contribution is -2.40. The number of nitrogens with one attached hydrogen (secondary N) is 1. The molecule has 2 aromatic heterocycles. The molecule has 1 aliphatic heterocycles. The number of alkyl carbamates (subject to hydrolysis) is 1. The predicted molar refractivity (Wildman–Crippen MR) is 102 cm³/mol. The van der Waals surface area contributed by atoms with Crippen molar-refractivity contribution in [2.24, 2.45) is 5.92 Å². The number of carbonyl (C=O) groups excluding carboxylic acids is 1. The van der Waals surface area contributed by atoms with Crippen LogP contribution in [-0.2, 0) is 4.74 Å². The fourth-order valence-corrected chi connectivity index (χ4v) is 3.28. The van der Waals surface area contributed by atoms with E-state index in [0.717, 1.165) is 42.5 Å². The first-order chi connectivity index (χ1) is 12.3. The number of amides is 1. The second kappa shape index (κ2) is 7.61. The first kappa shape index (κ1) is 18.6. The molecule has 3 heterocycles. The van der Waals surface area contributed by atoms with Gasteiger partial charge < -0.3 is 15.0 Å². The third-order valence-electron chi connectivity index (χ3n) is 4.36. The highest BCUT2D eigenvalue weighted by atomic mass is 35.5. The van der Waals surface area contributed by atoms with E-state index in [1.165, 1.54) is 0 Å². The summed E-state index contributed by atoms with van der Waals surface area (Å²) in [5, 5.41) is 13.4. The number of rotatable bonds is 3. The molecule has 0 spiro atoms. The smallest absolute Gasteiger partial charge is 0.407 e. The van der Waals surface area contributed by atoms with Gasteiger partial charge in [0.05, 0.1) is 0 Å². The topological polar surface area (TPSA) is 80.2 Å². The van der Waals surface area contributed by atoms with E-state index in [9.17, 15) is 4.79 Å². The summed E-state index contributed by atoms with van der Waals surface area (Å²) in [4.78, 5) is 18.2. The van der Waals surface area contributed by atoms with Crippen molar-refractivity contribution in [1.82, 2.24) is 20.5 Å². The van der Waals surface area contributed by atoms with Crippen LogP contribution in [0.25, 0.3) is 10.8 Å². The normalized spacial score (nSPS) is 15.9. The van der Waals surface area contributed by atoms with Crippen molar-refractivity contribution >= 4 is 34.3 Å². The van der Waals surface area contributed by atoms with E-state index in [-0.39, 0.29) is 6.09 Å². The average molecular weight is 378 g/mol. The summed E-state index contributed by atoms with van der Waals surface area (Å²) >= 11 is 6.14. The fourth-order valence-electron chi connectivity index (χ4n) is 3.08. The molecular weight excluding hydrogens is 354 g/mol. The van der Waals surface area contributed by atoms with Crippen LogP contribution in [0.1, 0.15) is 33.6 Å². The third kappa shape index (κ3) is 4.52. The molecule has 0 saturated carbocycles. The van der Waals surface area contributed by atoms with Gasteiger partial charge in [-0.3, -0.25) is 4.98 Å². The van der Waals surface area contributed by atoms with Crippen LogP contribution in [0.4, 0.5) is 10.6 Å². The Labute approximate surface area is 158 Å². The van der Waals surface area contributed by atoms with E-state index in [1.807, 2.05) is 26.8 Å². The molecule has 3 rings (SSSR count). The lowest BCUT2D eigenvalue weighted by atomic mass is 9.96. The second-order valence-corrected chi connectivity index (χ2v) is 7.91. The summed E-state index contributed by atoms with van der Waals surface area (Å²) in [5.41, 5.74) is -0.476. The van der Waals surface area contributed by atoms with E-state index >= 15 is 0 Å². The number of anilines is 1. The van der Waals surface area contributed by atoms with Crippen LogP contribution >= 0.6 is 11.6 Å². The summed E-state index contributed by atoms with van der Waals surface area (Å²) in [7, 11) is 0. The van der Waals surface area contributed by atoms with Crippen LogP contribution < -0.4 is 10.2 Å². The maximum atomic E-state index is 11.8. The lowest BCUT2D eigenvalue weighted by molar-refractivity contribution is 0.0517. The Balaban J connectivity index is 1.58. The van der Waals surface area contributed by atoms with Crippen molar-refractivity contribution in [3.63, 3.8) is 0 Å². The Hall–Kier alpha value is -2.15. The van der Waals surface area contributed by atoms with Crippen LogP contribution in [0.3, 0.4) is 0 Å². The van der Waals surface area contributed by atoms with Crippen molar-refractivity contribution in [3.05, 3.63) is 23.6 Å². The van der Waals surface area contributed by atoms with Crippen molar-refractivity contribution in [2.45, 2.75) is 39.2 Å². The van der Waals surface area contributed by atoms with E-state index in [1.54, 1.807) is 12.4 Å². The first-order valence-electron chi connectivity index (χ1n) is 8.81. The van der Waals surface area contributed by atoms with Gasteiger partial charge in [-0.25, -0.2) is 4.79 Å². The molecule has 2 aromatic rings. The molecule has 7 nitrogen and oxygen atoms in total. The molecule has 0 aliphatic carbocycles. The Bertz CT molecular complexity index is 785. The minimum atomic E-state index is -0.476. The van der Waals surface area contributed by atoms with E-state index in [0.29, 0.717) is 17.6 Å². The van der Waals surface area contributed by atoms with Gasteiger partial charge in [-0.15, -0.1) is 10.2 Å². The number of halogens is 1. The number of hydrogen-bond acceptors (Lipinski definition) is 6. The number of carbonyl (C=O) groups is 1. The van der Waals surface area contributed by atoms with Crippen LogP contribution in [0.2, 0.25) is 5.15 Å². The lowest BCUT2D eigenvalue weighted by Gasteiger charge is -2.33. The second-order valence-electron chi connectivity index (χ2n) is 7.55. The molecule has 1 aliphatic rings. The highest BCUT2D eigenvalue weighted by Gasteiger charge is 2.24. The summed E-state index contributed by atoms with van der Waals surface area (Å²) in [5.74, 6) is 1.24. The Morgan fingerprint density at radius 3 is 2.73 bits per heavy atom. The fraction of sp³-hybridized carbons (Fsp3) is 0.556. The molecule has 0 unspecified atom stereocenters. The highest BCUT2D eigenvalue weighted by Crippen LogP contribution is 2.30. The number of hydrogen-bond donors (Lipinski definition) is 1. The molecular formula is C18H24ClN5O2. The molecule has 26 heavy (non-hydrogen) atoms. The van der Waals surface area contributed by atoms with Gasteiger partial charge in [-0.1, -0.05) is 11.6 Å². The van der Waals surface area contributed by atoms with Crippen molar-refractivity contribution in [2.75, 3.05) is 24.5 Å². The van der Waals surface area contributed by atoms with Crippen LogP contribution in [0.5, 0.6) is 0 Å². The minimum Gasteiger partial charge on any atom is -0.444 e. The van der Waals surface area contributed by atoms with Crippen molar-refractivity contribution < 1.29 is 9.53 Å². The summed E-state index contributed by atoms with van der Waals surface area (Å²) in [6, 6.07) is 1.85. The molecule has 0 atom stereocenters. The van der Waals surface area contributed by atoms with Gasteiger partial charge in [-0.05, 0) is 45.6 Å². The summed E-state index contributed by atoms with van der Waals surface area (Å²) < 4.78 is 5.28. The quantitative estimate of drug-likeness (QED) is 0.882. The van der Waals surface area contributed by atoms with Crippen molar-refractivity contribution in [1.29, 1.82) is 0 Å². The van der Waals surface area contributed by atoms with Gasteiger partial charge in [-0.2, -0.15) is 0 Å². The number of aromatic nitrogens is 3. The van der Waals surface area contributed by atoms with E-state index in [4.69, 9.17) is 16.3 Å². The van der Waals surface area contributed by atoms with E-state index < -0.39 is 5.60 Å². The molecule has 1 fully saturated rings. The minimum absolute atomic E-state index is 0.361. The van der Waals surface area contributed by atoms with Gasteiger partial charge >= 0.3 is 6.09 Å². The summed E-state index contributed by atoms with van der Waals surface area (Å²) in [6.45, 7) is 7.89. The molecule has 1 amide bonds. The molecule has 1 saturated heterocycles. The molecule has 140 valence electrons. The molecule has 1 N–H and O–H groups in total. The third-order valence-corrected chi connectivity index (χ3v) is 4.64. The molecule has 0 aromatic carbocycles. The number of ether oxygens (including phenoxy) is 1. The van der Waals surface area contributed by atoms with Crippen LogP contribution in [0.15, 0.2) is 18.5 Å². The van der Waals surface area contributed by atoms with Gasteiger partial charge in [0, 0.05) is 42.8 Å². The maximum absolute atomic E-state index is 11.8. The Morgan fingerprint density at radius 2 is 2.04 bits per heavy atom. The standard InChI is InChI=1S/C18H24ClN5O2/c1-18(2,3)26-17(25)21-10-12-5-8-24(9-6-12)16-14-11-20-7-4-13(14)15(19)22-23-16/h4,7,11-12H,5-6,8-10H2,1-3H3,(H,21,25).